The molecule has 98 valence electrons. The van der Waals surface area contributed by atoms with E-state index in [0.717, 1.165) is 0 Å². The Hall–Kier alpha value is -1.65. The lowest BCUT2D eigenvalue weighted by atomic mass is 10.2. The Morgan fingerprint density at radius 2 is 2.33 bits per heavy atom. The third-order valence-corrected chi connectivity index (χ3v) is 2.88. The molecule has 0 atom stereocenters. The molecule has 1 fully saturated rings. The Morgan fingerprint density at radius 1 is 1.61 bits per heavy atom. The Morgan fingerprint density at radius 3 is 2.89 bits per heavy atom. The topological polar surface area (TPSA) is 51.2 Å². The SMILES string of the molecule is CC(C)Oc1cnccc1C(=O)NC1(CF)CC1. The molecule has 0 bridgehead atoms. The largest absolute Gasteiger partial charge is 0.489 e. The molecular weight excluding hydrogens is 235 g/mol. The summed E-state index contributed by atoms with van der Waals surface area (Å²) in [5.41, 5.74) is -0.242. The number of rotatable bonds is 5. The van der Waals surface area contributed by atoms with Gasteiger partial charge < -0.3 is 10.1 Å². The third-order valence-electron chi connectivity index (χ3n) is 2.88. The van der Waals surface area contributed by atoms with Crippen LogP contribution in [-0.2, 0) is 0 Å². The van der Waals surface area contributed by atoms with E-state index in [9.17, 15) is 9.18 Å². The van der Waals surface area contributed by atoms with Crippen molar-refractivity contribution in [3.8, 4) is 5.75 Å². The number of hydrogen-bond donors (Lipinski definition) is 1. The van der Waals surface area contributed by atoms with Crippen LogP contribution in [0.5, 0.6) is 5.75 Å². The van der Waals surface area contributed by atoms with Gasteiger partial charge in [0.15, 0.2) is 5.75 Å². The van der Waals surface area contributed by atoms with Crippen molar-refractivity contribution >= 4 is 5.91 Å². The normalized spacial score (nSPS) is 16.4. The van der Waals surface area contributed by atoms with E-state index >= 15 is 0 Å². The van der Waals surface area contributed by atoms with Crippen molar-refractivity contribution in [3.63, 3.8) is 0 Å². The van der Waals surface area contributed by atoms with Crippen molar-refractivity contribution in [3.05, 3.63) is 24.0 Å². The standard InChI is InChI=1S/C13H17FN2O2/c1-9(2)18-11-7-15-6-3-10(11)12(17)16-13(8-14)4-5-13/h3,6-7,9H,4-5,8H2,1-2H3,(H,16,17). The van der Waals surface area contributed by atoms with Crippen LogP contribution < -0.4 is 10.1 Å². The molecule has 0 aliphatic heterocycles. The lowest BCUT2D eigenvalue weighted by Gasteiger charge is -2.16. The number of hydrogen-bond acceptors (Lipinski definition) is 3. The van der Waals surface area contributed by atoms with Crippen molar-refractivity contribution in [1.82, 2.24) is 10.3 Å². The minimum atomic E-state index is -0.643. The summed E-state index contributed by atoms with van der Waals surface area (Å²) in [5.74, 6) is 0.128. The molecule has 1 aliphatic rings. The molecule has 18 heavy (non-hydrogen) atoms. The molecule has 5 heteroatoms. The van der Waals surface area contributed by atoms with Crippen molar-refractivity contribution in [1.29, 1.82) is 0 Å². The van der Waals surface area contributed by atoms with Gasteiger partial charge in [0.2, 0.25) is 0 Å². The predicted molar refractivity (Wildman–Crippen MR) is 65.4 cm³/mol. The molecule has 0 aromatic carbocycles. The summed E-state index contributed by atoms with van der Waals surface area (Å²) in [4.78, 5) is 16.0. The monoisotopic (exact) mass is 252 g/mol. The highest BCUT2D eigenvalue weighted by atomic mass is 19.1. The van der Waals surface area contributed by atoms with Crippen LogP contribution >= 0.6 is 0 Å². The van der Waals surface area contributed by atoms with E-state index < -0.39 is 12.2 Å². The lowest BCUT2D eigenvalue weighted by Crippen LogP contribution is -2.38. The molecule has 1 aliphatic carbocycles. The van der Waals surface area contributed by atoms with E-state index in [2.05, 4.69) is 10.3 Å². The van der Waals surface area contributed by atoms with Crippen molar-refractivity contribution in [2.24, 2.45) is 0 Å². The Bertz CT molecular complexity index is 444. The lowest BCUT2D eigenvalue weighted by molar-refractivity contribution is 0.0917. The summed E-state index contributed by atoms with van der Waals surface area (Å²) in [5, 5.41) is 2.73. The predicted octanol–water partition coefficient (Wildman–Crippen LogP) is 2.10. The number of amides is 1. The molecule has 0 spiro atoms. The van der Waals surface area contributed by atoms with E-state index in [1.807, 2.05) is 13.8 Å². The fraction of sp³-hybridized carbons (Fsp3) is 0.538. The molecule has 0 radical (unpaired) electrons. The van der Waals surface area contributed by atoms with Crippen LogP contribution in [0.15, 0.2) is 18.5 Å². The fourth-order valence-electron chi connectivity index (χ4n) is 1.67. The number of carbonyl (C=O) groups is 1. The minimum Gasteiger partial charge on any atom is -0.489 e. The Balaban J connectivity index is 2.14. The third kappa shape index (κ3) is 2.78. The molecule has 1 aromatic rings. The number of nitrogens with zero attached hydrogens (tertiary/aromatic N) is 1. The highest BCUT2D eigenvalue weighted by Gasteiger charge is 2.44. The first-order chi connectivity index (χ1) is 8.56. The van der Waals surface area contributed by atoms with Crippen LogP contribution in [0.4, 0.5) is 4.39 Å². The van der Waals surface area contributed by atoms with E-state index in [1.165, 1.54) is 12.4 Å². The maximum Gasteiger partial charge on any atom is 0.255 e. The van der Waals surface area contributed by atoms with Crippen LogP contribution in [0.1, 0.15) is 37.0 Å². The summed E-state index contributed by atoms with van der Waals surface area (Å²) in [6.07, 6.45) is 4.37. The smallest absolute Gasteiger partial charge is 0.255 e. The van der Waals surface area contributed by atoms with Crippen LogP contribution in [0.25, 0.3) is 0 Å². The Kier molecular flexibility index (Phi) is 3.50. The van der Waals surface area contributed by atoms with E-state index in [4.69, 9.17) is 4.74 Å². The second kappa shape index (κ2) is 4.92. The first-order valence-electron chi connectivity index (χ1n) is 6.05. The molecule has 2 rings (SSSR count). The van der Waals surface area contributed by atoms with Gasteiger partial charge in [-0.2, -0.15) is 0 Å². The highest BCUT2D eigenvalue weighted by molar-refractivity contribution is 5.97. The zero-order valence-corrected chi connectivity index (χ0v) is 10.6. The number of ether oxygens (including phenoxy) is 1. The average molecular weight is 252 g/mol. The molecule has 1 aromatic heterocycles. The van der Waals surface area contributed by atoms with Gasteiger partial charge >= 0.3 is 0 Å². The van der Waals surface area contributed by atoms with Gasteiger partial charge in [-0.3, -0.25) is 9.78 Å². The molecule has 1 saturated carbocycles. The summed E-state index contributed by atoms with van der Waals surface area (Å²) in [7, 11) is 0. The fourth-order valence-corrected chi connectivity index (χ4v) is 1.67. The summed E-state index contributed by atoms with van der Waals surface area (Å²) >= 11 is 0. The van der Waals surface area contributed by atoms with E-state index in [-0.39, 0.29) is 12.0 Å². The minimum absolute atomic E-state index is 0.0446. The van der Waals surface area contributed by atoms with Crippen LogP contribution in [0, 0.1) is 0 Å². The molecule has 1 amide bonds. The average Bonchev–Trinajstić information content (AvgIpc) is 3.09. The highest BCUT2D eigenvalue weighted by Crippen LogP contribution is 2.36. The number of halogens is 1. The van der Waals surface area contributed by atoms with Gasteiger partial charge in [-0.1, -0.05) is 0 Å². The first kappa shape index (κ1) is 12.8. The number of nitrogens with one attached hydrogen (secondary N) is 1. The molecule has 1 heterocycles. The molecule has 0 saturated heterocycles. The van der Waals surface area contributed by atoms with Gasteiger partial charge in [0.05, 0.1) is 23.4 Å². The van der Waals surface area contributed by atoms with Gasteiger partial charge in [0, 0.05) is 6.20 Å². The summed E-state index contributed by atoms with van der Waals surface area (Å²) in [6.45, 7) is 3.22. The van der Waals surface area contributed by atoms with Gasteiger partial charge in [-0.25, -0.2) is 4.39 Å². The second-order valence-electron chi connectivity index (χ2n) is 4.91. The molecule has 0 unspecified atom stereocenters. The van der Waals surface area contributed by atoms with Crippen molar-refractivity contribution in [2.45, 2.75) is 38.3 Å². The maximum absolute atomic E-state index is 12.8. The molecular formula is C13H17FN2O2. The van der Waals surface area contributed by atoms with Crippen molar-refractivity contribution in [2.75, 3.05) is 6.67 Å². The van der Waals surface area contributed by atoms with Crippen molar-refractivity contribution < 1.29 is 13.9 Å². The molecule has 4 nitrogen and oxygen atoms in total. The van der Waals surface area contributed by atoms with Crippen LogP contribution in [-0.4, -0.2) is 29.2 Å². The van der Waals surface area contributed by atoms with E-state index in [0.29, 0.717) is 24.2 Å². The first-order valence-corrected chi connectivity index (χ1v) is 6.05. The molecule has 1 N–H and O–H groups in total. The zero-order valence-electron chi connectivity index (χ0n) is 10.6. The quantitative estimate of drug-likeness (QED) is 0.873. The van der Waals surface area contributed by atoms with E-state index in [1.54, 1.807) is 6.07 Å². The number of carbonyl (C=O) groups excluding carboxylic acids is 1. The summed E-state index contributed by atoms with van der Waals surface area (Å²) in [6, 6.07) is 1.58. The van der Waals surface area contributed by atoms with Gasteiger partial charge in [-0.15, -0.1) is 0 Å². The number of pyridine rings is 1. The maximum atomic E-state index is 12.8. The van der Waals surface area contributed by atoms with Gasteiger partial charge in [0.1, 0.15) is 6.67 Å². The van der Waals surface area contributed by atoms with Gasteiger partial charge in [-0.05, 0) is 32.8 Å². The van der Waals surface area contributed by atoms with Crippen LogP contribution in [0.3, 0.4) is 0 Å². The van der Waals surface area contributed by atoms with Crippen LogP contribution in [0.2, 0.25) is 0 Å². The second-order valence-corrected chi connectivity index (χ2v) is 4.91. The number of aromatic nitrogens is 1. The Labute approximate surface area is 106 Å². The summed E-state index contributed by atoms with van der Waals surface area (Å²) < 4.78 is 18.3. The zero-order chi connectivity index (χ0) is 13.2. The van der Waals surface area contributed by atoms with Gasteiger partial charge in [0.25, 0.3) is 5.91 Å². The number of alkyl halides is 1.